The van der Waals surface area contributed by atoms with Crippen LogP contribution in [0.1, 0.15) is 39.0 Å². The van der Waals surface area contributed by atoms with Crippen molar-refractivity contribution in [2.24, 2.45) is 11.8 Å². The first-order valence-electron chi connectivity index (χ1n) is 7.38. The molecule has 108 valence electrons. The Balaban J connectivity index is 1.90. The summed E-state index contributed by atoms with van der Waals surface area (Å²) < 4.78 is 0. The van der Waals surface area contributed by atoms with Gasteiger partial charge in [0, 0.05) is 26.2 Å². The zero-order valence-corrected chi connectivity index (χ0v) is 11.7. The van der Waals surface area contributed by atoms with E-state index in [1.807, 2.05) is 11.8 Å². The predicted molar refractivity (Wildman–Crippen MR) is 71.9 cm³/mol. The van der Waals surface area contributed by atoms with Crippen LogP contribution in [0.15, 0.2) is 0 Å². The van der Waals surface area contributed by atoms with Gasteiger partial charge in [0.15, 0.2) is 0 Å². The van der Waals surface area contributed by atoms with Crippen molar-refractivity contribution in [1.82, 2.24) is 9.80 Å². The zero-order chi connectivity index (χ0) is 13.8. The highest BCUT2D eigenvalue weighted by Gasteiger charge is 2.31. The Hall–Kier alpha value is -1.26. The van der Waals surface area contributed by atoms with E-state index >= 15 is 0 Å². The zero-order valence-electron chi connectivity index (χ0n) is 11.7. The number of carbonyl (C=O) groups is 2. The molecule has 0 spiro atoms. The number of carboxylic acids is 1. The van der Waals surface area contributed by atoms with Gasteiger partial charge in [-0.2, -0.15) is 0 Å². The maximum absolute atomic E-state index is 12.4. The SMILES string of the molecule is CCN(CC1CCC1)C(=O)N1CCCC(C(=O)O)C1. The lowest BCUT2D eigenvalue weighted by molar-refractivity contribution is -0.143. The van der Waals surface area contributed by atoms with Gasteiger partial charge in [-0.25, -0.2) is 4.79 Å². The number of amides is 2. The molecule has 2 rings (SSSR count). The molecule has 0 aromatic heterocycles. The summed E-state index contributed by atoms with van der Waals surface area (Å²) in [7, 11) is 0. The lowest BCUT2D eigenvalue weighted by Crippen LogP contribution is -2.50. The molecule has 2 amide bonds. The monoisotopic (exact) mass is 268 g/mol. The molecule has 1 saturated heterocycles. The van der Waals surface area contributed by atoms with Crippen LogP contribution in [0.5, 0.6) is 0 Å². The van der Waals surface area contributed by atoms with Crippen molar-refractivity contribution in [1.29, 1.82) is 0 Å². The van der Waals surface area contributed by atoms with Gasteiger partial charge in [0.05, 0.1) is 5.92 Å². The summed E-state index contributed by atoms with van der Waals surface area (Å²) in [6.45, 7) is 4.61. The van der Waals surface area contributed by atoms with Crippen LogP contribution < -0.4 is 0 Å². The van der Waals surface area contributed by atoms with Crippen molar-refractivity contribution < 1.29 is 14.7 Å². The van der Waals surface area contributed by atoms with E-state index in [2.05, 4.69) is 0 Å². The van der Waals surface area contributed by atoms with Crippen molar-refractivity contribution >= 4 is 12.0 Å². The summed E-state index contributed by atoms with van der Waals surface area (Å²) >= 11 is 0. The smallest absolute Gasteiger partial charge is 0.320 e. The molecule has 19 heavy (non-hydrogen) atoms. The van der Waals surface area contributed by atoms with Crippen LogP contribution in [0.3, 0.4) is 0 Å². The largest absolute Gasteiger partial charge is 0.481 e. The molecular formula is C14H24N2O3. The lowest BCUT2D eigenvalue weighted by Gasteiger charge is -2.37. The highest BCUT2D eigenvalue weighted by molar-refractivity contribution is 5.76. The maximum Gasteiger partial charge on any atom is 0.320 e. The van der Waals surface area contributed by atoms with Crippen LogP contribution in [0.2, 0.25) is 0 Å². The second kappa shape index (κ2) is 6.26. The van der Waals surface area contributed by atoms with Gasteiger partial charge >= 0.3 is 12.0 Å². The van der Waals surface area contributed by atoms with Gasteiger partial charge in [0.1, 0.15) is 0 Å². The number of hydrogen-bond acceptors (Lipinski definition) is 2. The average Bonchev–Trinajstić information content (AvgIpc) is 2.37. The number of carboxylic acid groups (broad SMARTS) is 1. The second-order valence-electron chi connectivity index (χ2n) is 5.74. The molecule has 1 aliphatic heterocycles. The van der Waals surface area contributed by atoms with Gasteiger partial charge in [-0.05, 0) is 38.5 Å². The predicted octanol–water partition coefficient (Wildman–Crippen LogP) is 2.03. The van der Waals surface area contributed by atoms with E-state index in [1.165, 1.54) is 19.3 Å². The Morgan fingerprint density at radius 2 is 2.00 bits per heavy atom. The minimum Gasteiger partial charge on any atom is -0.481 e. The van der Waals surface area contributed by atoms with E-state index in [1.54, 1.807) is 4.90 Å². The third-order valence-electron chi connectivity index (χ3n) is 4.40. The minimum atomic E-state index is -0.778. The topological polar surface area (TPSA) is 60.9 Å². The summed E-state index contributed by atoms with van der Waals surface area (Å²) in [5.74, 6) is -0.511. The lowest BCUT2D eigenvalue weighted by atomic mass is 9.85. The van der Waals surface area contributed by atoms with E-state index in [4.69, 9.17) is 5.11 Å². The van der Waals surface area contributed by atoms with Crippen LogP contribution >= 0.6 is 0 Å². The molecule has 5 heteroatoms. The van der Waals surface area contributed by atoms with Crippen molar-refractivity contribution in [3.63, 3.8) is 0 Å². The van der Waals surface area contributed by atoms with Crippen LogP contribution in [0.25, 0.3) is 0 Å². The van der Waals surface area contributed by atoms with E-state index in [-0.39, 0.29) is 11.9 Å². The quantitative estimate of drug-likeness (QED) is 0.848. The molecule has 0 aromatic rings. The summed E-state index contributed by atoms with van der Waals surface area (Å²) in [5.41, 5.74) is 0. The van der Waals surface area contributed by atoms with Crippen LogP contribution in [-0.2, 0) is 4.79 Å². The van der Waals surface area contributed by atoms with E-state index in [0.717, 1.165) is 13.0 Å². The Morgan fingerprint density at radius 3 is 2.53 bits per heavy atom. The highest BCUT2D eigenvalue weighted by atomic mass is 16.4. The second-order valence-corrected chi connectivity index (χ2v) is 5.74. The molecule has 1 aliphatic carbocycles. The molecule has 0 bridgehead atoms. The van der Waals surface area contributed by atoms with E-state index < -0.39 is 5.97 Å². The number of urea groups is 1. The number of nitrogens with zero attached hydrogens (tertiary/aromatic N) is 2. The van der Waals surface area contributed by atoms with Gasteiger partial charge in [-0.3, -0.25) is 4.79 Å². The number of aliphatic carboxylic acids is 1. The molecule has 1 saturated carbocycles. The summed E-state index contributed by atoms with van der Waals surface area (Å²) in [4.78, 5) is 27.1. The Bertz CT molecular complexity index is 342. The Kier molecular flexibility index (Phi) is 4.66. The van der Waals surface area contributed by atoms with E-state index in [9.17, 15) is 9.59 Å². The van der Waals surface area contributed by atoms with Gasteiger partial charge in [0.2, 0.25) is 0 Å². The Morgan fingerprint density at radius 1 is 1.26 bits per heavy atom. The number of rotatable bonds is 4. The number of likely N-dealkylation sites (tertiary alicyclic amines) is 1. The van der Waals surface area contributed by atoms with Crippen LogP contribution in [0, 0.1) is 11.8 Å². The molecule has 1 N–H and O–H groups in total. The fourth-order valence-electron chi connectivity index (χ4n) is 2.88. The average molecular weight is 268 g/mol. The van der Waals surface area contributed by atoms with Gasteiger partial charge < -0.3 is 14.9 Å². The summed E-state index contributed by atoms with van der Waals surface area (Å²) in [5, 5.41) is 9.07. The third-order valence-corrected chi connectivity index (χ3v) is 4.40. The third kappa shape index (κ3) is 3.39. The maximum atomic E-state index is 12.4. The van der Waals surface area contributed by atoms with Crippen molar-refractivity contribution in [3.05, 3.63) is 0 Å². The van der Waals surface area contributed by atoms with Crippen molar-refractivity contribution in [2.75, 3.05) is 26.2 Å². The van der Waals surface area contributed by atoms with Crippen LogP contribution in [-0.4, -0.2) is 53.1 Å². The first-order valence-corrected chi connectivity index (χ1v) is 7.38. The molecule has 2 fully saturated rings. The number of piperidine rings is 1. The molecule has 1 unspecified atom stereocenters. The molecule has 0 radical (unpaired) electrons. The van der Waals surface area contributed by atoms with Gasteiger partial charge in [-0.1, -0.05) is 6.42 Å². The van der Waals surface area contributed by atoms with Crippen molar-refractivity contribution in [2.45, 2.75) is 39.0 Å². The molecule has 0 aromatic carbocycles. The molecule has 1 heterocycles. The van der Waals surface area contributed by atoms with Crippen LogP contribution in [0.4, 0.5) is 4.79 Å². The minimum absolute atomic E-state index is 0.0281. The molecular weight excluding hydrogens is 244 g/mol. The highest BCUT2D eigenvalue weighted by Crippen LogP contribution is 2.27. The first-order chi connectivity index (χ1) is 9.11. The Labute approximate surface area is 114 Å². The molecule has 2 aliphatic rings. The fourth-order valence-corrected chi connectivity index (χ4v) is 2.88. The number of hydrogen-bond donors (Lipinski definition) is 1. The van der Waals surface area contributed by atoms with Gasteiger partial charge in [0.25, 0.3) is 0 Å². The van der Waals surface area contributed by atoms with Crippen molar-refractivity contribution in [3.8, 4) is 0 Å². The van der Waals surface area contributed by atoms with Gasteiger partial charge in [-0.15, -0.1) is 0 Å². The summed E-state index contributed by atoms with van der Waals surface area (Å²) in [6.07, 6.45) is 5.21. The standard InChI is InChI=1S/C14H24N2O3/c1-2-15(9-11-5-3-6-11)14(19)16-8-4-7-12(10-16)13(17)18/h11-12H,2-10H2,1H3,(H,17,18). The molecule has 5 nitrogen and oxygen atoms in total. The molecule has 1 atom stereocenters. The normalized spacial score (nSPS) is 23.8. The fraction of sp³-hybridized carbons (Fsp3) is 0.857. The van der Waals surface area contributed by atoms with E-state index in [0.29, 0.717) is 32.0 Å². The summed E-state index contributed by atoms with van der Waals surface area (Å²) in [6, 6.07) is 0.0281. The number of carbonyl (C=O) groups excluding carboxylic acids is 1. The first kappa shape index (κ1) is 14.2.